The highest BCUT2D eigenvalue weighted by Crippen LogP contribution is 2.38. The van der Waals surface area contributed by atoms with Crippen molar-refractivity contribution in [2.45, 2.75) is 32.7 Å². The smallest absolute Gasteiger partial charge is 0.320 e. The molecule has 7 nitrogen and oxygen atoms in total. The van der Waals surface area contributed by atoms with Gasteiger partial charge in [-0.1, -0.05) is 42.5 Å². The Labute approximate surface area is 176 Å². The minimum atomic E-state index is -0.298. The molecule has 7 heteroatoms. The molecule has 0 aliphatic heterocycles. The van der Waals surface area contributed by atoms with Gasteiger partial charge in [0, 0.05) is 18.8 Å². The van der Waals surface area contributed by atoms with Gasteiger partial charge in [-0.25, -0.2) is 9.78 Å². The van der Waals surface area contributed by atoms with Gasteiger partial charge in [0.2, 0.25) is 0 Å². The number of fused-ring (bicyclic) bond motifs is 1. The summed E-state index contributed by atoms with van der Waals surface area (Å²) in [5.74, 6) is 2.59. The van der Waals surface area contributed by atoms with E-state index in [9.17, 15) is 4.79 Å². The first kappa shape index (κ1) is 19.9. The summed E-state index contributed by atoms with van der Waals surface area (Å²) in [6.07, 6.45) is 4.11. The molecule has 2 aromatic heterocycles. The lowest BCUT2D eigenvalue weighted by Gasteiger charge is -2.35. The molecule has 1 aliphatic carbocycles. The molecule has 0 unspecified atom stereocenters. The van der Waals surface area contributed by atoms with Crippen molar-refractivity contribution in [1.82, 2.24) is 20.5 Å². The normalized spacial score (nSPS) is 19.0. The Hall–Kier alpha value is -3.35. The Bertz CT molecular complexity index is 1040. The third kappa shape index (κ3) is 4.45. The molecule has 1 aliphatic rings. The van der Waals surface area contributed by atoms with E-state index in [2.05, 4.69) is 44.6 Å². The van der Waals surface area contributed by atoms with Crippen molar-refractivity contribution in [2.24, 2.45) is 11.8 Å². The predicted octanol–water partition coefficient (Wildman–Crippen LogP) is 4.85. The van der Waals surface area contributed by atoms with Crippen LogP contribution in [0.5, 0.6) is 0 Å². The fourth-order valence-corrected chi connectivity index (χ4v) is 3.84. The number of H-pyrrole nitrogens is 1. The summed E-state index contributed by atoms with van der Waals surface area (Å²) in [5.41, 5.74) is 3.15. The number of hydrogen-bond acceptors (Lipinski definition) is 4. The zero-order valence-electron chi connectivity index (χ0n) is 17.4. The molecular weight excluding hydrogens is 376 g/mol. The van der Waals surface area contributed by atoms with Crippen LogP contribution in [0.1, 0.15) is 38.3 Å². The van der Waals surface area contributed by atoms with Gasteiger partial charge in [-0.2, -0.15) is 5.10 Å². The minimum absolute atomic E-state index is 0.103. The second-order valence-electron chi connectivity index (χ2n) is 8.18. The average Bonchev–Trinajstić information content (AvgIpc) is 3.09. The van der Waals surface area contributed by atoms with Crippen LogP contribution in [0.4, 0.5) is 16.4 Å². The number of benzene rings is 1. The maximum absolute atomic E-state index is 12.3. The van der Waals surface area contributed by atoms with Crippen molar-refractivity contribution >= 4 is 28.6 Å². The number of urea groups is 1. The molecule has 0 bridgehead atoms. The van der Waals surface area contributed by atoms with Crippen molar-refractivity contribution in [1.29, 1.82) is 0 Å². The third-order valence-corrected chi connectivity index (χ3v) is 5.83. The topological polar surface area (TPSA) is 94.7 Å². The van der Waals surface area contributed by atoms with E-state index in [0.717, 1.165) is 28.8 Å². The quantitative estimate of drug-likeness (QED) is 0.423. The SMILES string of the molecule is C=C(C)C1CC(CNc2n[nH]c3cc(NC(=O)N[C@H](C)c4ccccc4)ncc23)C1. The molecule has 0 spiro atoms. The molecule has 1 aromatic carbocycles. The van der Waals surface area contributed by atoms with Crippen molar-refractivity contribution in [3.63, 3.8) is 0 Å². The van der Waals surface area contributed by atoms with Gasteiger partial charge in [0.05, 0.1) is 16.9 Å². The van der Waals surface area contributed by atoms with E-state index >= 15 is 0 Å². The number of aromatic amines is 1. The second-order valence-corrected chi connectivity index (χ2v) is 8.18. The number of aromatic nitrogens is 3. The van der Waals surface area contributed by atoms with E-state index in [1.54, 1.807) is 12.3 Å². The fourth-order valence-electron chi connectivity index (χ4n) is 3.84. The van der Waals surface area contributed by atoms with Crippen molar-refractivity contribution < 1.29 is 4.79 Å². The van der Waals surface area contributed by atoms with E-state index in [4.69, 9.17) is 0 Å². The lowest BCUT2D eigenvalue weighted by atomic mass is 9.72. The van der Waals surface area contributed by atoms with Crippen LogP contribution in [0.2, 0.25) is 0 Å². The number of anilines is 2. The number of nitrogens with zero attached hydrogens (tertiary/aromatic N) is 2. The highest BCUT2D eigenvalue weighted by Gasteiger charge is 2.29. The zero-order valence-corrected chi connectivity index (χ0v) is 17.4. The van der Waals surface area contributed by atoms with Gasteiger partial charge in [0.15, 0.2) is 5.82 Å². The summed E-state index contributed by atoms with van der Waals surface area (Å²) >= 11 is 0. The van der Waals surface area contributed by atoms with Crippen molar-refractivity contribution in [3.05, 3.63) is 60.3 Å². The first-order valence-electron chi connectivity index (χ1n) is 10.4. The van der Waals surface area contributed by atoms with E-state index in [1.807, 2.05) is 37.3 Å². The second kappa shape index (κ2) is 8.57. The molecule has 2 amide bonds. The monoisotopic (exact) mass is 404 g/mol. The van der Waals surface area contributed by atoms with Crippen LogP contribution >= 0.6 is 0 Å². The molecule has 4 N–H and O–H groups in total. The fraction of sp³-hybridized carbons (Fsp3) is 0.348. The Kier molecular flexibility index (Phi) is 5.70. The molecule has 2 heterocycles. The van der Waals surface area contributed by atoms with Crippen LogP contribution in [0.25, 0.3) is 10.9 Å². The first-order chi connectivity index (χ1) is 14.5. The minimum Gasteiger partial charge on any atom is -0.368 e. The number of nitrogens with one attached hydrogen (secondary N) is 4. The van der Waals surface area contributed by atoms with Crippen molar-refractivity contribution in [2.75, 3.05) is 17.2 Å². The molecule has 4 rings (SSSR count). The maximum Gasteiger partial charge on any atom is 0.320 e. The summed E-state index contributed by atoms with van der Waals surface area (Å²) in [5, 5.41) is 17.4. The predicted molar refractivity (Wildman–Crippen MR) is 120 cm³/mol. The van der Waals surface area contributed by atoms with Gasteiger partial charge in [0.25, 0.3) is 0 Å². The summed E-state index contributed by atoms with van der Waals surface area (Å²) in [6, 6.07) is 11.2. The maximum atomic E-state index is 12.3. The van der Waals surface area contributed by atoms with Gasteiger partial charge in [-0.3, -0.25) is 10.4 Å². The van der Waals surface area contributed by atoms with Crippen LogP contribution in [0, 0.1) is 11.8 Å². The van der Waals surface area contributed by atoms with Crippen LogP contribution in [0.3, 0.4) is 0 Å². The van der Waals surface area contributed by atoms with Gasteiger partial charge in [-0.05, 0) is 44.1 Å². The number of rotatable bonds is 7. The van der Waals surface area contributed by atoms with Crippen LogP contribution in [-0.4, -0.2) is 27.8 Å². The number of carbonyl (C=O) groups is 1. The highest BCUT2D eigenvalue weighted by atomic mass is 16.2. The van der Waals surface area contributed by atoms with Crippen LogP contribution in [-0.2, 0) is 0 Å². The molecule has 0 radical (unpaired) electrons. The molecule has 30 heavy (non-hydrogen) atoms. The lowest BCUT2D eigenvalue weighted by Crippen LogP contribution is -2.31. The van der Waals surface area contributed by atoms with Crippen molar-refractivity contribution in [3.8, 4) is 0 Å². The average molecular weight is 405 g/mol. The Balaban J connectivity index is 1.33. The van der Waals surface area contributed by atoms with Gasteiger partial charge in [-0.15, -0.1) is 0 Å². The molecule has 156 valence electrons. The van der Waals surface area contributed by atoms with E-state index in [1.165, 1.54) is 18.4 Å². The lowest BCUT2D eigenvalue weighted by molar-refractivity contribution is 0.241. The number of allylic oxidation sites excluding steroid dienone is 1. The molecule has 3 aromatic rings. The summed E-state index contributed by atoms with van der Waals surface area (Å²) in [4.78, 5) is 16.7. The summed E-state index contributed by atoms with van der Waals surface area (Å²) in [7, 11) is 0. The van der Waals surface area contributed by atoms with Crippen LogP contribution < -0.4 is 16.0 Å². The molecule has 0 saturated heterocycles. The number of pyridine rings is 1. The van der Waals surface area contributed by atoms with E-state index in [-0.39, 0.29) is 12.1 Å². The molecule has 1 fully saturated rings. The number of amides is 2. The number of carbonyl (C=O) groups excluding carboxylic acids is 1. The van der Waals surface area contributed by atoms with E-state index in [0.29, 0.717) is 17.7 Å². The summed E-state index contributed by atoms with van der Waals surface area (Å²) in [6.45, 7) is 8.98. The highest BCUT2D eigenvalue weighted by molar-refractivity contribution is 5.94. The Morgan fingerprint density at radius 1 is 1.30 bits per heavy atom. The molecule has 1 saturated carbocycles. The van der Waals surface area contributed by atoms with Gasteiger partial charge >= 0.3 is 6.03 Å². The van der Waals surface area contributed by atoms with Gasteiger partial charge in [0.1, 0.15) is 5.82 Å². The zero-order chi connectivity index (χ0) is 21.1. The Morgan fingerprint density at radius 3 is 2.80 bits per heavy atom. The first-order valence-corrected chi connectivity index (χ1v) is 10.4. The summed E-state index contributed by atoms with van der Waals surface area (Å²) < 4.78 is 0. The molecule has 1 atom stereocenters. The standard InChI is InChI=1S/C23H28N6O/c1-14(2)18-9-16(10-18)12-25-22-19-13-24-21(11-20(19)28-29-22)27-23(30)26-15(3)17-7-5-4-6-8-17/h4-8,11,13,15-16,18H,1,9-10,12H2,2-3H3,(H2,25,28,29)(H2,24,26,27,30)/t15-,16?,18?/m1/s1. The third-order valence-electron chi connectivity index (χ3n) is 5.83. The van der Waals surface area contributed by atoms with Crippen LogP contribution in [0.15, 0.2) is 54.7 Å². The molecular formula is C23H28N6O. The largest absolute Gasteiger partial charge is 0.368 e. The van der Waals surface area contributed by atoms with E-state index < -0.39 is 0 Å². The Morgan fingerprint density at radius 2 is 2.07 bits per heavy atom. The van der Waals surface area contributed by atoms with Gasteiger partial charge < -0.3 is 10.6 Å². The number of hydrogen-bond donors (Lipinski definition) is 4.